The summed E-state index contributed by atoms with van der Waals surface area (Å²) in [5.74, 6) is 0.872. The van der Waals surface area contributed by atoms with Crippen molar-refractivity contribution in [3.05, 3.63) is 29.6 Å². The van der Waals surface area contributed by atoms with E-state index in [0.29, 0.717) is 0 Å². The van der Waals surface area contributed by atoms with E-state index in [9.17, 15) is 4.39 Å². The first kappa shape index (κ1) is 12.7. The van der Waals surface area contributed by atoms with Crippen molar-refractivity contribution in [2.45, 2.75) is 25.1 Å². The van der Waals surface area contributed by atoms with Crippen LogP contribution in [0.15, 0.2) is 18.2 Å². The molecule has 0 radical (unpaired) electrons. The molecule has 0 spiro atoms. The van der Waals surface area contributed by atoms with Crippen LogP contribution in [0, 0.1) is 5.82 Å². The minimum Gasteiger partial charge on any atom is -0.396 e. The maximum Gasteiger partial charge on any atom is 0.146 e. The highest BCUT2D eigenvalue weighted by Crippen LogP contribution is 2.23. The predicted octanol–water partition coefficient (Wildman–Crippen LogP) is 2.74. The maximum atomic E-state index is 13.3. The van der Waals surface area contributed by atoms with E-state index in [1.165, 1.54) is 12.2 Å². The van der Waals surface area contributed by atoms with Crippen molar-refractivity contribution >= 4 is 17.4 Å². The standard InChI is InChI=1S/C13H19FN2S/c1-2-11-9-16(5-6-17-11)8-10-3-4-13(15)12(14)7-10/h3-4,7,11H,2,5-6,8-9,15H2,1H3. The van der Waals surface area contributed by atoms with Crippen LogP contribution in [0.3, 0.4) is 0 Å². The quantitative estimate of drug-likeness (QED) is 0.841. The summed E-state index contributed by atoms with van der Waals surface area (Å²) in [6.07, 6.45) is 1.21. The van der Waals surface area contributed by atoms with Crippen LogP contribution in [0.4, 0.5) is 10.1 Å². The van der Waals surface area contributed by atoms with Gasteiger partial charge in [0, 0.05) is 30.6 Å². The molecule has 0 saturated carbocycles. The Morgan fingerprint density at radius 3 is 3.06 bits per heavy atom. The van der Waals surface area contributed by atoms with Crippen molar-refractivity contribution in [3.8, 4) is 0 Å². The first-order valence-electron chi connectivity index (χ1n) is 6.07. The number of thioether (sulfide) groups is 1. The summed E-state index contributed by atoms with van der Waals surface area (Å²) in [5, 5.41) is 0.724. The van der Waals surface area contributed by atoms with Crippen molar-refractivity contribution in [1.82, 2.24) is 4.90 Å². The molecule has 0 amide bonds. The van der Waals surface area contributed by atoms with Gasteiger partial charge in [-0.25, -0.2) is 4.39 Å². The van der Waals surface area contributed by atoms with Gasteiger partial charge in [-0.05, 0) is 24.1 Å². The zero-order valence-electron chi connectivity index (χ0n) is 10.2. The molecule has 2 nitrogen and oxygen atoms in total. The van der Waals surface area contributed by atoms with Crippen molar-refractivity contribution in [2.24, 2.45) is 0 Å². The zero-order valence-corrected chi connectivity index (χ0v) is 11.0. The predicted molar refractivity (Wildman–Crippen MR) is 72.6 cm³/mol. The number of hydrogen-bond acceptors (Lipinski definition) is 3. The number of hydrogen-bond donors (Lipinski definition) is 1. The molecule has 17 heavy (non-hydrogen) atoms. The van der Waals surface area contributed by atoms with Crippen LogP contribution in [0.25, 0.3) is 0 Å². The lowest BCUT2D eigenvalue weighted by Crippen LogP contribution is -2.37. The molecule has 1 fully saturated rings. The molecule has 2 rings (SSSR count). The normalized spacial score (nSPS) is 21.6. The molecule has 1 atom stereocenters. The lowest BCUT2D eigenvalue weighted by atomic mass is 10.1. The second-order valence-corrected chi connectivity index (χ2v) is 5.90. The molecule has 94 valence electrons. The number of anilines is 1. The largest absolute Gasteiger partial charge is 0.396 e. The van der Waals surface area contributed by atoms with Gasteiger partial charge in [-0.15, -0.1) is 0 Å². The van der Waals surface area contributed by atoms with E-state index in [4.69, 9.17) is 5.73 Å². The molecule has 2 N–H and O–H groups in total. The molecular formula is C13H19FN2S. The number of nitrogens with two attached hydrogens (primary N) is 1. The number of nitrogens with zero attached hydrogens (tertiary/aromatic N) is 1. The first-order chi connectivity index (χ1) is 8.19. The summed E-state index contributed by atoms with van der Waals surface area (Å²) in [5.41, 5.74) is 6.72. The zero-order chi connectivity index (χ0) is 12.3. The fraction of sp³-hybridized carbons (Fsp3) is 0.538. The Bertz CT molecular complexity index is 384. The Morgan fingerprint density at radius 2 is 2.35 bits per heavy atom. The van der Waals surface area contributed by atoms with Crippen molar-refractivity contribution < 1.29 is 4.39 Å². The highest BCUT2D eigenvalue weighted by Gasteiger charge is 2.18. The minimum atomic E-state index is -0.305. The van der Waals surface area contributed by atoms with Gasteiger partial charge in [0.2, 0.25) is 0 Å². The topological polar surface area (TPSA) is 29.3 Å². The Hall–Kier alpha value is -0.740. The molecule has 0 aromatic heterocycles. The lowest BCUT2D eigenvalue weighted by molar-refractivity contribution is 0.273. The highest BCUT2D eigenvalue weighted by atomic mass is 32.2. The molecule has 0 aliphatic carbocycles. The van der Waals surface area contributed by atoms with Gasteiger partial charge in [-0.3, -0.25) is 4.90 Å². The van der Waals surface area contributed by atoms with E-state index in [1.54, 1.807) is 12.1 Å². The highest BCUT2D eigenvalue weighted by molar-refractivity contribution is 8.00. The first-order valence-corrected chi connectivity index (χ1v) is 7.11. The fourth-order valence-electron chi connectivity index (χ4n) is 2.10. The van der Waals surface area contributed by atoms with Gasteiger partial charge in [0.15, 0.2) is 0 Å². The van der Waals surface area contributed by atoms with Crippen LogP contribution in [-0.4, -0.2) is 29.0 Å². The van der Waals surface area contributed by atoms with E-state index in [0.717, 1.165) is 30.4 Å². The van der Waals surface area contributed by atoms with Crippen LogP contribution in [0.1, 0.15) is 18.9 Å². The number of halogens is 1. The molecule has 1 heterocycles. The monoisotopic (exact) mass is 254 g/mol. The van der Waals surface area contributed by atoms with Gasteiger partial charge in [0.05, 0.1) is 5.69 Å². The molecule has 1 aliphatic heterocycles. The van der Waals surface area contributed by atoms with E-state index in [2.05, 4.69) is 11.8 Å². The van der Waals surface area contributed by atoms with Gasteiger partial charge in [-0.1, -0.05) is 13.0 Å². The molecule has 1 unspecified atom stereocenters. The third kappa shape index (κ3) is 3.36. The molecule has 4 heteroatoms. The molecular weight excluding hydrogens is 235 g/mol. The van der Waals surface area contributed by atoms with Crippen LogP contribution in [0.2, 0.25) is 0 Å². The van der Waals surface area contributed by atoms with Gasteiger partial charge < -0.3 is 5.73 Å². The molecule has 0 bridgehead atoms. The Labute approximate surface area is 106 Å². The fourth-order valence-corrected chi connectivity index (χ4v) is 3.35. The van der Waals surface area contributed by atoms with Crippen molar-refractivity contribution in [3.63, 3.8) is 0 Å². The molecule has 1 aromatic rings. The number of benzene rings is 1. The summed E-state index contributed by atoms with van der Waals surface area (Å²) in [6, 6.07) is 5.12. The Morgan fingerprint density at radius 1 is 1.53 bits per heavy atom. The molecule has 1 aromatic carbocycles. The summed E-state index contributed by atoms with van der Waals surface area (Å²) >= 11 is 2.05. The maximum absolute atomic E-state index is 13.3. The van der Waals surface area contributed by atoms with Gasteiger partial charge in [0.25, 0.3) is 0 Å². The van der Waals surface area contributed by atoms with E-state index < -0.39 is 0 Å². The molecule has 1 saturated heterocycles. The second-order valence-electron chi connectivity index (χ2n) is 4.49. The Kier molecular flexibility index (Phi) is 4.29. The number of rotatable bonds is 3. The van der Waals surface area contributed by atoms with E-state index >= 15 is 0 Å². The van der Waals surface area contributed by atoms with Crippen molar-refractivity contribution in [2.75, 3.05) is 24.6 Å². The Balaban J connectivity index is 1.97. The van der Waals surface area contributed by atoms with Crippen LogP contribution in [-0.2, 0) is 6.54 Å². The lowest BCUT2D eigenvalue weighted by Gasteiger charge is -2.31. The minimum absolute atomic E-state index is 0.231. The summed E-state index contributed by atoms with van der Waals surface area (Å²) < 4.78 is 13.3. The van der Waals surface area contributed by atoms with E-state index in [-0.39, 0.29) is 11.5 Å². The van der Waals surface area contributed by atoms with Crippen LogP contribution in [0.5, 0.6) is 0 Å². The average molecular weight is 254 g/mol. The van der Waals surface area contributed by atoms with Gasteiger partial charge in [-0.2, -0.15) is 11.8 Å². The molecule has 1 aliphatic rings. The summed E-state index contributed by atoms with van der Waals surface area (Å²) in [7, 11) is 0. The van der Waals surface area contributed by atoms with Crippen molar-refractivity contribution in [1.29, 1.82) is 0 Å². The average Bonchev–Trinajstić information content (AvgIpc) is 2.34. The smallest absolute Gasteiger partial charge is 0.146 e. The van der Waals surface area contributed by atoms with Crippen LogP contribution >= 0.6 is 11.8 Å². The summed E-state index contributed by atoms with van der Waals surface area (Å²) in [6.45, 7) is 5.25. The second kappa shape index (κ2) is 5.74. The van der Waals surface area contributed by atoms with E-state index in [1.807, 2.05) is 17.8 Å². The summed E-state index contributed by atoms with van der Waals surface area (Å²) in [4.78, 5) is 2.40. The third-order valence-electron chi connectivity index (χ3n) is 3.15. The number of nitrogen functional groups attached to an aromatic ring is 1. The third-order valence-corrected chi connectivity index (χ3v) is 4.52. The SMILES string of the molecule is CCC1CN(Cc2ccc(N)c(F)c2)CCS1. The van der Waals surface area contributed by atoms with Gasteiger partial charge in [0.1, 0.15) is 5.82 Å². The van der Waals surface area contributed by atoms with Gasteiger partial charge >= 0.3 is 0 Å². The van der Waals surface area contributed by atoms with Crippen LogP contribution < -0.4 is 5.73 Å².